The van der Waals surface area contributed by atoms with Crippen molar-refractivity contribution in [3.05, 3.63) is 91.9 Å². The Morgan fingerprint density at radius 3 is 2.55 bits per heavy atom. The Morgan fingerprint density at radius 2 is 1.77 bits per heavy atom. The minimum absolute atomic E-state index is 0.273. The van der Waals surface area contributed by atoms with Crippen molar-refractivity contribution in [2.24, 2.45) is 14.1 Å². The van der Waals surface area contributed by atoms with E-state index in [9.17, 15) is 14.0 Å². The second-order valence-corrected chi connectivity index (χ2v) is 7.95. The number of rotatable bonds is 3. The van der Waals surface area contributed by atoms with Gasteiger partial charge in [-0.2, -0.15) is 4.98 Å². The molecule has 0 saturated carbocycles. The molecule has 0 spiro atoms. The highest BCUT2D eigenvalue weighted by molar-refractivity contribution is 5.75. The normalized spacial score (nSPS) is 13.6. The van der Waals surface area contributed by atoms with Crippen LogP contribution in [0.25, 0.3) is 11.2 Å². The molecule has 1 aliphatic heterocycles. The zero-order valence-electron chi connectivity index (χ0n) is 17.4. The van der Waals surface area contributed by atoms with Gasteiger partial charge in [-0.25, -0.2) is 9.18 Å². The number of anilines is 1. The summed E-state index contributed by atoms with van der Waals surface area (Å²) in [7, 11) is 3.07. The number of imidazole rings is 1. The third-order valence-electron chi connectivity index (χ3n) is 5.97. The molecule has 0 unspecified atom stereocenters. The molecule has 2 aromatic heterocycles. The summed E-state index contributed by atoms with van der Waals surface area (Å²) < 4.78 is 18.1. The number of aromatic nitrogens is 4. The molecule has 158 valence electrons. The predicted molar refractivity (Wildman–Crippen MR) is 117 cm³/mol. The van der Waals surface area contributed by atoms with Crippen LogP contribution in [0.15, 0.2) is 58.1 Å². The zero-order chi connectivity index (χ0) is 21.7. The van der Waals surface area contributed by atoms with E-state index in [1.807, 2.05) is 18.2 Å². The molecule has 0 bridgehead atoms. The van der Waals surface area contributed by atoms with Crippen molar-refractivity contribution < 1.29 is 4.39 Å². The summed E-state index contributed by atoms with van der Waals surface area (Å²) >= 11 is 0. The van der Waals surface area contributed by atoms with Crippen molar-refractivity contribution in [3.8, 4) is 0 Å². The molecular weight excluding hydrogens is 397 g/mol. The minimum atomic E-state index is -0.427. The first-order valence-electron chi connectivity index (χ1n) is 10.2. The average molecular weight is 419 g/mol. The van der Waals surface area contributed by atoms with E-state index in [1.54, 1.807) is 17.7 Å². The molecule has 1 aliphatic rings. The first-order valence-corrected chi connectivity index (χ1v) is 10.2. The number of fused-ring (bicyclic) bond motifs is 2. The van der Waals surface area contributed by atoms with Crippen LogP contribution in [0.4, 0.5) is 10.3 Å². The summed E-state index contributed by atoms with van der Waals surface area (Å²) in [6, 6.07) is 14.6. The van der Waals surface area contributed by atoms with Crippen molar-refractivity contribution >= 4 is 17.1 Å². The maximum Gasteiger partial charge on any atom is 0.332 e. The van der Waals surface area contributed by atoms with Gasteiger partial charge in [0.2, 0.25) is 5.95 Å². The summed E-state index contributed by atoms with van der Waals surface area (Å²) in [6.45, 7) is 1.66. The van der Waals surface area contributed by atoms with Gasteiger partial charge in [-0.1, -0.05) is 36.4 Å². The van der Waals surface area contributed by atoms with E-state index in [0.29, 0.717) is 29.2 Å². The second kappa shape index (κ2) is 7.23. The van der Waals surface area contributed by atoms with Gasteiger partial charge >= 0.3 is 5.69 Å². The van der Waals surface area contributed by atoms with Crippen LogP contribution < -0.4 is 16.1 Å². The third-order valence-corrected chi connectivity index (χ3v) is 5.97. The quantitative estimate of drug-likeness (QED) is 0.511. The van der Waals surface area contributed by atoms with Gasteiger partial charge in [0.25, 0.3) is 5.56 Å². The number of benzene rings is 2. The lowest BCUT2D eigenvalue weighted by molar-refractivity contribution is 0.622. The third kappa shape index (κ3) is 3.15. The highest BCUT2D eigenvalue weighted by Gasteiger charge is 2.25. The molecule has 2 aromatic carbocycles. The van der Waals surface area contributed by atoms with Crippen LogP contribution in [0.3, 0.4) is 0 Å². The van der Waals surface area contributed by atoms with E-state index >= 15 is 0 Å². The maximum atomic E-state index is 13.8. The molecule has 0 atom stereocenters. The van der Waals surface area contributed by atoms with Gasteiger partial charge in [-0.15, -0.1) is 0 Å². The van der Waals surface area contributed by atoms with Crippen molar-refractivity contribution in [1.29, 1.82) is 0 Å². The van der Waals surface area contributed by atoms with E-state index in [2.05, 4.69) is 17.0 Å². The van der Waals surface area contributed by atoms with E-state index in [4.69, 9.17) is 4.98 Å². The van der Waals surface area contributed by atoms with Gasteiger partial charge in [0.15, 0.2) is 11.2 Å². The van der Waals surface area contributed by atoms with Gasteiger partial charge in [0, 0.05) is 27.2 Å². The zero-order valence-corrected chi connectivity index (χ0v) is 17.4. The molecule has 0 aliphatic carbocycles. The van der Waals surface area contributed by atoms with Gasteiger partial charge < -0.3 is 4.90 Å². The standard InChI is InChI=1S/C23H22FN5O2/c1-26-20-19(21(30)27(2)23(26)31)29(13-15-6-5-9-18(24)12-15)22(25-20)28-11-10-16-7-3-4-8-17(16)14-28/h3-9,12H,10-11,13-14H2,1-2H3. The summed E-state index contributed by atoms with van der Waals surface area (Å²) in [4.78, 5) is 32.4. The van der Waals surface area contributed by atoms with Crippen LogP contribution in [0.2, 0.25) is 0 Å². The molecule has 0 N–H and O–H groups in total. The summed E-state index contributed by atoms with van der Waals surface area (Å²) in [5, 5.41) is 0. The van der Waals surface area contributed by atoms with Crippen molar-refractivity contribution in [2.45, 2.75) is 19.5 Å². The highest BCUT2D eigenvalue weighted by Crippen LogP contribution is 2.27. The average Bonchev–Trinajstić information content (AvgIpc) is 3.15. The van der Waals surface area contributed by atoms with Crippen molar-refractivity contribution in [2.75, 3.05) is 11.4 Å². The Bertz CT molecular complexity index is 1430. The Kier molecular flexibility index (Phi) is 4.50. The van der Waals surface area contributed by atoms with Crippen LogP contribution in [0.5, 0.6) is 0 Å². The van der Waals surface area contributed by atoms with E-state index in [0.717, 1.165) is 17.5 Å². The maximum absolute atomic E-state index is 13.8. The lowest BCUT2D eigenvalue weighted by Crippen LogP contribution is -2.37. The van der Waals surface area contributed by atoms with Crippen molar-refractivity contribution in [3.63, 3.8) is 0 Å². The fraction of sp³-hybridized carbons (Fsp3) is 0.261. The fourth-order valence-corrected chi connectivity index (χ4v) is 4.31. The molecule has 31 heavy (non-hydrogen) atoms. The fourth-order valence-electron chi connectivity index (χ4n) is 4.31. The van der Waals surface area contributed by atoms with E-state index in [-0.39, 0.29) is 12.4 Å². The van der Waals surface area contributed by atoms with Crippen LogP contribution in [0.1, 0.15) is 16.7 Å². The van der Waals surface area contributed by atoms with Crippen LogP contribution >= 0.6 is 0 Å². The molecule has 0 saturated heterocycles. The number of nitrogens with zero attached hydrogens (tertiary/aromatic N) is 5. The number of hydrogen-bond acceptors (Lipinski definition) is 4. The molecule has 4 aromatic rings. The summed E-state index contributed by atoms with van der Waals surface area (Å²) in [5.74, 6) is 0.266. The Hall–Kier alpha value is -3.68. The van der Waals surface area contributed by atoms with Crippen LogP contribution in [0, 0.1) is 5.82 Å². The first kappa shape index (κ1) is 19.3. The Balaban J connectivity index is 1.72. The Labute approximate surface area is 177 Å². The lowest BCUT2D eigenvalue weighted by Gasteiger charge is -2.30. The molecule has 0 fully saturated rings. The lowest BCUT2D eigenvalue weighted by atomic mass is 10.0. The summed E-state index contributed by atoms with van der Waals surface area (Å²) in [5.41, 5.74) is 3.05. The van der Waals surface area contributed by atoms with Gasteiger partial charge in [-0.3, -0.25) is 18.5 Å². The van der Waals surface area contributed by atoms with E-state index in [1.165, 1.54) is 34.9 Å². The second-order valence-electron chi connectivity index (χ2n) is 7.95. The molecule has 0 amide bonds. The molecule has 3 heterocycles. The predicted octanol–water partition coefficient (Wildman–Crippen LogP) is 2.18. The van der Waals surface area contributed by atoms with Crippen LogP contribution in [-0.4, -0.2) is 25.2 Å². The topological polar surface area (TPSA) is 65.1 Å². The van der Waals surface area contributed by atoms with E-state index < -0.39 is 11.2 Å². The number of hydrogen-bond donors (Lipinski definition) is 0. The number of halogens is 1. The van der Waals surface area contributed by atoms with Gasteiger partial charge in [-0.05, 0) is 35.2 Å². The molecule has 7 nitrogen and oxygen atoms in total. The molecular formula is C23H22FN5O2. The van der Waals surface area contributed by atoms with Gasteiger partial charge in [0.1, 0.15) is 5.82 Å². The van der Waals surface area contributed by atoms with Gasteiger partial charge in [0.05, 0.1) is 6.54 Å². The van der Waals surface area contributed by atoms with Crippen LogP contribution in [-0.2, 0) is 33.6 Å². The smallest absolute Gasteiger partial charge is 0.332 e. The SMILES string of the molecule is Cn1c(=O)c2c(nc(N3CCc4ccccc4C3)n2Cc2cccc(F)c2)n(C)c1=O. The highest BCUT2D eigenvalue weighted by atomic mass is 19.1. The monoisotopic (exact) mass is 419 g/mol. The molecule has 0 radical (unpaired) electrons. The first-order chi connectivity index (χ1) is 14.9. The molecule has 5 rings (SSSR count). The number of aryl methyl sites for hydroxylation is 1. The Morgan fingerprint density at radius 1 is 1.00 bits per heavy atom. The summed E-state index contributed by atoms with van der Waals surface area (Å²) in [6.07, 6.45) is 0.857. The molecule has 8 heteroatoms. The largest absolute Gasteiger partial charge is 0.337 e. The van der Waals surface area contributed by atoms with Crippen molar-refractivity contribution in [1.82, 2.24) is 18.7 Å². The minimum Gasteiger partial charge on any atom is -0.337 e.